The second-order valence-corrected chi connectivity index (χ2v) is 7.59. The van der Waals surface area contributed by atoms with E-state index in [1.54, 1.807) is 0 Å². The standard InChI is InChI=1S/C24H20FN3O4/c1-2-26-10-17(15-5-3-4-6-19(15)26)21-22(24(32)28(13-30)23(21)31)18-11-27(12-29)20-9-14(25)7-8-16(18)20/h3-11,29-30H,2,12-13H2,1H3. The Labute approximate surface area is 182 Å². The van der Waals surface area contributed by atoms with E-state index in [0.717, 1.165) is 15.8 Å². The molecule has 8 heteroatoms. The Morgan fingerprint density at radius 2 is 1.44 bits per heavy atom. The number of aliphatic hydroxyl groups is 2. The van der Waals surface area contributed by atoms with Crippen molar-refractivity contribution in [1.29, 1.82) is 0 Å². The molecule has 0 radical (unpaired) electrons. The summed E-state index contributed by atoms with van der Waals surface area (Å²) in [4.78, 5) is 27.4. The van der Waals surface area contributed by atoms with E-state index in [1.807, 2.05) is 42.0 Å². The SMILES string of the molecule is CCn1cc(C2=C(c3cn(CO)c4cc(F)ccc34)C(=O)N(CO)C2=O)c2ccccc21. The number of hydrogen-bond donors (Lipinski definition) is 2. The summed E-state index contributed by atoms with van der Waals surface area (Å²) in [6.07, 6.45) is 3.36. The van der Waals surface area contributed by atoms with Crippen molar-refractivity contribution in [3.05, 3.63) is 71.8 Å². The van der Waals surface area contributed by atoms with Crippen LogP contribution in [-0.2, 0) is 22.9 Å². The maximum Gasteiger partial charge on any atom is 0.264 e. The average molecular weight is 433 g/mol. The number of benzene rings is 2. The number of fused-ring (bicyclic) bond motifs is 2. The van der Waals surface area contributed by atoms with Crippen molar-refractivity contribution < 1.29 is 24.2 Å². The van der Waals surface area contributed by atoms with Gasteiger partial charge in [0.05, 0.1) is 16.7 Å². The molecule has 162 valence electrons. The fourth-order valence-corrected chi connectivity index (χ4v) is 4.49. The highest BCUT2D eigenvalue weighted by Crippen LogP contribution is 2.41. The number of aliphatic hydroxyl groups excluding tert-OH is 2. The molecule has 1 aliphatic rings. The third kappa shape index (κ3) is 2.73. The largest absolute Gasteiger partial charge is 0.376 e. The first kappa shape index (κ1) is 20.2. The molecule has 2 aromatic heterocycles. The molecule has 4 aromatic rings. The lowest BCUT2D eigenvalue weighted by Crippen LogP contribution is -2.32. The van der Waals surface area contributed by atoms with Crippen LogP contribution in [0.4, 0.5) is 4.39 Å². The summed E-state index contributed by atoms with van der Waals surface area (Å²) in [5, 5.41) is 20.9. The molecule has 1 aliphatic heterocycles. The molecule has 2 N–H and O–H groups in total. The summed E-state index contributed by atoms with van der Waals surface area (Å²) in [5.74, 6) is -1.72. The number of para-hydroxylation sites is 1. The van der Waals surface area contributed by atoms with E-state index in [4.69, 9.17) is 0 Å². The van der Waals surface area contributed by atoms with Crippen LogP contribution in [0, 0.1) is 5.82 Å². The van der Waals surface area contributed by atoms with Crippen molar-refractivity contribution >= 4 is 44.8 Å². The molecule has 7 nitrogen and oxygen atoms in total. The molecule has 3 heterocycles. The van der Waals surface area contributed by atoms with Gasteiger partial charge in [-0.25, -0.2) is 4.39 Å². The van der Waals surface area contributed by atoms with E-state index in [0.29, 0.717) is 28.6 Å². The van der Waals surface area contributed by atoms with Gasteiger partial charge in [-0.3, -0.25) is 14.5 Å². The second-order valence-electron chi connectivity index (χ2n) is 7.59. The minimum atomic E-state index is -0.760. The molecule has 0 atom stereocenters. The van der Waals surface area contributed by atoms with Crippen LogP contribution < -0.4 is 0 Å². The lowest BCUT2D eigenvalue weighted by atomic mass is 9.95. The fourth-order valence-electron chi connectivity index (χ4n) is 4.49. The smallest absolute Gasteiger partial charge is 0.264 e. The minimum absolute atomic E-state index is 0.117. The van der Waals surface area contributed by atoms with Crippen molar-refractivity contribution in [3.8, 4) is 0 Å². The first-order valence-electron chi connectivity index (χ1n) is 10.2. The highest BCUT2D eigenvalue weighted by atomic mass is 19.1. The van der Waals surface area contributed by atoms with Gasteiger partial charge in [-0.1, -0.05) is 18.2 Å². The maximum absolute atomic E-state index is 13.9. The number of amides is 2. The van der Waals surface area contributed by atoms with Crippen molar-refractivity contribution in [3.63, 3.8) is 0 Å². The predicted octanol–water partition coefficient (Wildman–Crippen LogP) is 2.93. The number of aryl methyl sites for hydroxylation is 1. The summed E-state index contributed by atoms with van der Waals surface area (Å²) in [6, 6.07) is 11.6. The fraction of sp³-hybridized carbons (Fsp3) is 0.167. The summed E-state index contributed by atoms with van der Waals surface area (Å²) in [6.45, 7) is 1.46. The Hall–Kier alpha value is -3.75. The van der Waals surface area contributed by atoms with Crippen LogP contribution >= 0.6 is 0 Å². The number of carbonyl (C=O) groups is 2. The molecule has 0 bridgehead atoms. The van der Waals surface area contributed by atoms with E-state index in [-0.39, 0.29) is 11.1 Å². The summed E-state index contributed by atoms with van der Waals surface area (Å²) in [5.41, 5.74) is 2.58. The molecule has 0 spiro atoms. The zero-order valence-corrected chi connectivity index (χ0v) is 17.2. The number of carbonyl (C=O) groups excluding carboxylic acids is 2. The van der Waals surface area contributed by atoms with Crippen molar-refractivity contribution in [1.82, 2.24) is 14.0 Å². The van der Waals surface area contributed by atoms with Gasteiger partial charge >= 0.3 is 0 Å². The molecule has 0 saturated carbocycles. The van der Waals surface area contributed by atoms with Crippen molar-refractivity contribution in [2.75, 3.05) is 6.73 Å². The van der Waals surface area contributed by atoms with Crippen LogP contribution in [0.25, 0.3) is 33.0 Å². The number of hydrogen-bond acceptors (Lipinski definition) is 4. The Morgan fingerprint density at radius 3 is 2.06 bits per heavy atom. The molecule has 0 fully saturated rings. The Kier molecular flexibility index (Phi) is 4.69. The van der Waals surface area contributed by atoms with E-state index in [1.165, 1.54) is 29.0 Å². The average Bonchev–Trinajstić information content (AvgIpc) is 3.42. The third-order valence-electron chi connectivity index (χ3n) is 5.97. The zero-order valence-electron chi connectivity index (χ0n) is 17.2. The van der Waals surface area contributed by atoms with Crippen LogP contribution in [0.5, 0.6) is 0 Å². The van der Waals surface area contributed by atoms with Gasteiger partial charge in [-0.15, -0.1) is 0 Å². The Balaban J connectivity index is 1.88. The second kappa shape index (κ2) is 7.44. The van der Waals surface area contributed by atoms with Crippen LogP contribution in [0.1, 0.15) is 18.1 Å². The van der Waals surface area contributed by atoms with Gasteiger partial charge in [0.1, 0.15) is 19.3 Å². The normalized spacial score (nSPS) is 14.6. The minimum Gasteiger partial charge on any atom is -0.376 e. The van der Waals surface area contributed by atoms with Crippen molar-refractivity contribution in [2.45, 2.75) is 20.2 Å². The maximum atomic E-state index is 13.9. The van der Waals surface area contributed by atoms with E-state index >= 15 is 0 Å². The van der Waals surface area contributed by atoms with E-state index in [9.17, 15) is 24.2 Å². The summed E-state index contributed by atoms with van der Waals surface area (Å²) < 4.78 is 17.3. The number of rotatable bonds is 5. The molecule has 2 amide bonds. The van der Waals surface area contributed by atoms with Crippen LogP contribution in [-0.4, -0.2) is 42.8 Å². The molecule has 0 saturated heterocycles. The summed E-state index contributed by atoms with van der Waals surface area (Å²) in [7, 11) is 0. The Bertz CT molecular complexity index is 1450. The number of aromatic nitrogens is 2. The highest BCUT2D eigenvalue weighted by molar-refractivity contribution is 6.50. The van der Waals surface area contributed by atoms with Gasteiger partial charge in [-0.2, -0.15) is 0 Å². The molecule has 5 rings (SSSR count). The topological polar surface area (TPSA) is 87.7 Å². The molecular formula is C24H20FN3O4. The molecule has 32 heavy (non-hydrogen) atoms. The van der Waals surface area contributed by atoms with Gasteiger partial charge in [0, 0.05) is 46.4 Å². The predicted molar refractivity (Wildman–Crippen MR) is 117 cm³/mol. The number of halogens is 1. The van der Waals surface area contributed by atoms with Gasteiger partial charge in [0.25, 0.3) is 11.8 Å². The monoisotopic (exact) mass is 433 g/mol. The van der Waals surface area contributed by atoms with Crippen molar-refractivity contribution in [2.24, 2.45) is 0 Å². The van der Waals surface area contributed by atoms with Gasteiger partial charge in [0.15, 0.2) is 0 Å². The molecule has 0 unspecified atom stereocenters. The lowest BCUT2D eigenvalue weighted by Gasteiger charge is -2.10. The number of nitrogens with zero attached hydrogens (tertiary/aromatic N) is 3. The first-order chi connectivity index (χ1) is 15.5. The zero-order chi connectivity index (χ0) is 22.6. The van der Waals surface area contributed by atoms with Crippen LogP contribution in [0.2, 0.25) is 0 Å². The highest BCUT2D eigenvalue weighted by Gasteiger charge is 2.41. The Morgan fingerprint density at radius 1 is 0.812 bits per heavy atom. The third-order valence-corrected chi connectivity index (χ3v) is 5.97. The van der Waals surface area contributed by atoms with Crippen LogP contribution in [0.3, 0.4) is 0 Å². The first-order valence-corrected chi connectivity index (χ1v) is 10.2. The van der Waals surface area contributed by atoms with Gasteiger partial charge < -0.3 is 19.3 Å². The summed E-state index contributed by atoms with van der Waals surface area (Å²) >= 11 is 0. The molecular weight excluding hydrogens is 413 g/mol. The van der Waals surface area contributed by atoms with Gasteiger partial charge in [0.2, 0.25) is 0 Å². The van der Waals surface area contributed by atoms with E-state index < -0.39 is 31.1 Å². The lowest BCUT2D eigenvalue weighted by molar-refractivity contribution is -0.139. The quantitative estimate of drug-likeness (QED) is 0.474. The van der Waals surface area contributed by atoms with E-state index in [2.05, 4.69) is 0 Å². The number of imide groups is 1. The van der Waals surface area contributed by atoms with Crippen LogP contribution in [0.15, 0.2) is 54.9 Å². The molecule has 2 aromatic carbocycles. The van der Waals surface area contributed by atoms with Gasteiger partial charge in [-0.05, 0) is 31.2 Å². The molecule has 0 aliphatic carbocycles.